The molecule has 3 rings (SSSR count). The molecule has 0 heterocycles. The van der Waals surface area contributed by atoms with Crippen molar-refractivity contribution in [3.8, 4) is 22.3 Å². The van der Waals surface area contributed by atoms with E-state index in [1.807, 2.05) is 0 Å². The number of aromatic carboxylic acids is 1. The maximum atomic E-state index is 13.4. The fraction of sp³-hybridized carbons (Fsp3) is 0.0500. The predicted molar refractivity (Wildman–Crippen MR) is 89.3 cm³/mol. The second-order valence-electron chi connectivity index (χ2n) is 5.47. The van der Waals surface area contributed by atoms with E-state index in [0.29, 0.717) is 11.1 Å². The SMILES string of the molecule is O=C(O)c1ccc(-c2ccccc2)c(-c2ccccc2C(F)(F)F)c1. The Bertz CT molecular complexity index is 916. The van der Waals surface area contributed by atoms with Crippen LogP contribution in [0.15, 0.2) is 72.8 Å². The van der Waals surface area contributed by atoms with Gasteiger partial charge in [0.25, 0.3) is 0 Å². The van der Waals surface area contributed by atoms with Crippen molar-refractivity contribution in [1.82, 2.24) is 0 Å². The highest BCUT2D eigenvalue weighted by molar-refractivity contribution is 5.94. The van der Waals surface area contributed by atoms with Crippen LogP contribution in [0.4, 0.5) is 13.2 Å². The fourth-order valence-corrected chi connectivity index (χ4v) is 2.73. The van der Waals surface area contributed by atoms with Crippen molar-refractivity contribution in [3.63, 3.8) is 0 Å². The van der Waals surface area contributed by atoms with Gasteiger partial charge in [-0.15, -0.1) is 0 Å². The minimum absolute atomic E-state index is 0.0445. The van der Waals surface area contributed by atoms with Gasteiger partial charge in [-0.05, 0) is 40.5 Å². The van der Waals surface area contributed by atoms with Crippen molar-refractivity contribution in [2.45, 2.75) is 6.18 Å². The molecule has 3 aromatic carbocycles. The first-order chi connectivity index (χ1) is 11.9. The van der Waals surface area contributed by atoms with E-state index in [0.717, 1.165) is 6.07 Å². The van der Waals surface area contributed by atoms with Gasteiger partial charge in [-0.25, -0.2) is 4.79 Å². The summed E-state index contributed by atoms with van der Waals surface area (Å²) in [5, 5.41) is 9.22. The molecule has 0 spiro atoms. The fourth-order valence-electron chi connectivity index (χ4n) is 2.73. The van der Waals surface area contributed by atoms with Crippen LogP contribution in [0.1, 0.15) is 15.9 Å². The van der Waals surface area contributed by atoms with Crippen molar-refractivity contribution in [3.05, 3.63) is 83.9 Å². The summed E-state index contributed by atoms with van der Waals surface area (Å²) in [6.07, 6.45) is -4.54. The third-order valence-electron chi connectivity index (χ3n) is 3.87. The zero-order valence-electron chi connectivity index (χ0n) is 12.9. The van der Waals surface area contributed by atoms with Crippen LogP contribution >= 0.6 is 0 Å². The van der Waals surface area contributed by atoms with Gasteiger partial charge in [0.15, 0.2) is 0 Å². The van der Waals surface area contributed by atoms with Gasteiger partial charge >= 0.3 is 12.1 Å². The monoisotopic (exact) mass is 342 g/mol. The largest absolute Gasteiger partial charge is 0.478 e. The summed E-state index contributed by atoms with van der Waals surface area (Å²) in [4.78, 5) is 11.3. The third-order valence-corrected chi connectivity index (χ3v) is 3.87. The minimum Gasteiger partial charge on any atom is -0.478 e. The van der Waals surface area contributed by atoms with Gasteiger partial charge in [0.05, 0.1) is 11.1 Å². The lowest BCUT2D eigenvalue weighted by Gasteiger charge is -2.16. The first-order valence-electron chi connectivity index (χ1n) is 7.47. The van der Waals surface area contributed by atoms with Crippen molar-refractivity contribution < 1.29 is 23.1 Å². The highest BCUT2D eigenvalue weighted by Gasteiger charge is 2.34. The van der Waals surface area contributed by atoms with E-state index in [1.165, 1.54) is 30.3 Å². The second-order valence-corrected chi connectivity index (χ2v) is 5.47. The zero-order valence-corrected chi connectivity index (χ0v) is 12.9. The van der Waals surface area contributed by atoms with Crippen LogP contribution in [-0.4, -0.2) is 11.1 Å². The summed E-state index contributed by atoms with van der Waals surface area (Å²) in [7, 11) is 0. The number of carbonyl (C=O) groups is 1. The van der Waals surface area contributed by atoms with Crippen molar-refractivity contribution in [2.24, 2.45) is 0 Å². The Morgan fingerprint density at radius 2 is 1.40 bits per heavy atom. The molecule has 2 nitrogen and oxygen atoms in total. The molecule has 3 aromatic rings. The van der Waals surface area contributed by atoms with Crippen LogP contribution in [0.2, 0.25) is 0 Å². The number of hydrogen-bond acceptors (Lipinski definition) is 1. The second kappa shape index (κ2) is 6.43. The summed E-state index contributed by atoms with van der Waals surface area (Å²) in [6, 6.07) is 18.3. The van der Waals surface area contributed by atoms with Crippen LogP contribution < -0.4 is 0 Å². The zero-order chi connectivity index (χ0) is 18.0. The maximum Gasteiger partial charge on any atom is 0.417 e. The number of rotatable bonds is 3. The maximum absolute atomic E-state index is 13.4. The minimum atomic E-state index is -4.54. The predicted octanol–water partition coefficient (Wildman–Crippen LogP) is 5.74. The number of carboxylic acid groups (broad SMARTS) is 1. The molecule has 0 aliphatic heterocycles. The molecule has 0 saturated carbocycles. The van der Waals surface area contributed by atoms with Crippen LogP contribution in [0.5, 0.6) is 0 Å². The molecule has 0 aliphatic carbocycles. The Morgan fingerprint density at radius 3 is 2.04 bits per heavy atom. The molecule has 0 unspecified atom stereocenters. The van der Waals surface area contributed by atoms with Crippen LogP contribution in [0.3, 0.4) is 0 Å². The Labute approximate surface area is 142 Å². The summed E-state index contributed by atoms with van der Waals surface area (Å²) < 4.78 is 40.2. The topological polar surface area (TPSA) is 37.3 Å². The van der Waals surface area contributed by atoms with Crippen LogP contribution in [0, 0.1) is 0 Å². The molecule has 126 valence electrons. The highest BCUT2D eigenvalue weighted by Crippen LogP contribution is 2.41. The Kier molecular flexibility index (Phi) is 4.31. The Balaban J connectivity index is 2.31. The van der Waals surface area contributed by atoms with E-state index >= 15 is 0 Å². The van der Waals surface area contributed by atoms with Gasteiger partial charge in [-0.2, -0.15) is 13.2 Å². The van der Waals surface area contributed by atoms with Gasteiger partial charge in [0.1, 0.15) is 0 Å². The molecule has 0 radical (unpaired) electrons. The van der Waals surface area contributed by atoms with E-state index in [4.69, 9.17) is 0 Å². The van der Waals surface area contributed by atoms with E-state index in [9.17, 15) is 23.1 Å². The average molecular weight is 342 g/mol. The van der Waals surface area contributed by atoms with Crippen molar-refractivity contribution in [1.29, 1.82) is 0 Å². The quantitative estimate of drug-likeness (QED) is 0.659. The molecule has 0 atom stereocenters. The van der Waals surface area contributed by atoms with Crippen LogP contribution in [0.25, 0.3) is 22.3 Å². The summed E-state index contributed by atoms with van der Waals surface area (Å²) in [5.74, 6) is -1.19. The van der Waals surface area contributed by atoms with Gasteiger partial charge in [-0.3, -0.25) is 0 Å². The van der Waals surface area contributed by atoms with E-state index < -0.39 is 17.7 Å². The molecule has 1 N–H and O–H groups in total. The molecule has 25 heavy (non-hydrogen) atoms. The van der Waals surface area contributed by atoms with Crippen molar-refractivity contribution >= 4 is 5.97 Å². The Morgan fingerprint density at radius 1 is 0.760 bits per heavy atom. The lowest BCUT2D eigenvalue weighted by atomic mass is 9.90. The molecule has 0 aliphatic rings. The lowest BCUT2D eigenvalue weighted by Crippen LogP contribution is -2.07. The molecular weight excluding hydrogens is 329 g/mol. The Hall–Kier alpha value is -3.08. The standard InChI is InChI=1S/C20H13F3O2/c21-20(22,23)18-9-5-4-8-16(18)17-12-14(19(24)25)10-11-15(17)13-6-2-1-3-7-13/h1-12H,(H,24,25). The number of carboxylic acids is 1. The lowest BCUT2D eigenvalue weighted by molar-refractivity contribution is -0.137. The van der Waals surface area contributed by atoms with Gasteiger partial charge < -0.3 is 5.11 Å². The first-order valence-corrected chi connectivity index (χ1v) is 7.47. The normalized spacial score (nSPS) is 11.3. The average Bonchev–Trinajstić information content (AvgIpc) is 2.61. The van der Waals surface area contributed by atoms with E-state index in [2.05, 4.69) is 0 Å². The van der Waals surface area contributed by atoms with E-state index in [-0.39, 0.29) is 16.7 Å². The molecule has 0 aromatic heterocycles. The molecular formula is C20H13F3O2. The number of hydrogen-bond donors (Lipinski definition) is 1. The molecule has 0 fully saturated rings. The van der Waals surface area contributed by atoms with Gasteiger partial charge in [0, 0.05) is 0 Å². The summed E-state index contributed by atoms with van der Waals surface area (Å²) in [6.45, 7) is 0. The molecule has 5 heteroatoms. The number of alkyl halides is 3. The summed E-state index contributed by atoms with van der Waals surface area (Å²) >= 11 is 0. The van der Waals surface area contributed by atoms with Crippen LogP contribution in [-0.2, 0) is 6.18 Å². The third kappa shape index (κ3) is 3.40. The smallest absolute Gasteiger partial charge is 0.417 e. The van der Waals surface area contributed by atoms with Gasteiger partial charge in [0.2, 0.25) is 0 Å². The molecule has 0 amide bonds. The first kappa shape index (κ1) is 16.8. The molecule has 0 saturated heterocycles. The van der Waals surface area contributed by atoms with Crippen molar-refractivity contribution in [2.75, 3.05) is 0 Å². The van der Waals surface area contributed by atoms with Gasteiger partial charge in [-0.1, -0.05) is 54.6 Å². The number of halogens is 3. The molecule has 0 bridgehead atoms. The highest BCUT2D eigenvalue weighted by atomic mass is 19.4. The summed E-state index contributed by atoms with van der Waals surface area (Å²) in [5.41, 5.74) is 0.589. The van der Waals surface area contributed by atoms with E-state index in [1.54, 1.807) is 36.4 Å². The number of benzene rings is 3.